The highest BCUT2D eigenvalue weighted by molar-refractivity contribution is 7.89. The topological polar surface area (TPSA) is 102 Å². The van der Waals surface area contributed by atoms with Gasteiger partial charge in [-0.15, -0.1) is 0 Å². The van der Waals surface area contributed by atoms with E-state index >= 15 is 0 Å². The molecule has 1 amide bonds. The van der Waals surface area contributed by atoms with Gasteiger partial charge in [-0.25, -0.2) is 13.2 Å². The number of hydrogen-bond acceptors (Lipinski definition) is 7. The highest BCUT2D eigenvalue weighted by atomic mass is 32.2. The van der Waals surface area contributed by atoms with Crippen molar-refractivity contribution in [2.24, 2.45) is 0 Å². The minimum atomic E-state index is -3.89. The van der Waals surface area contributed by atoms with Gasteiger partial charge in [0, 0.05) is 20.1 Å². The molecule has 27 heavy (non-hydrogen) atoms. The van der Waals surface area contributed by atoms with E-state index in [-0.39, 0.29) is 28.6 Å². The highest BCUT2D eigenvalue weighted by Crippen LogP contribution is 2.17. The molecule has 1 aliphatic rings. The zero-order valence-corrected chi connectivity index (χ0v) is 16.6. The average Bonchev–Trinajstić information content (AvgIpc) is 2.64. The molecule has 0 saturated carbocycles. The molecule has 1 aliphatic heterocycles. The maximum atomic E-state index is 12.3. The Labute approximate surface area is 158 Å². The molecular weight excluding hydrogens is 376 g/mol. The normalized spacial score (nSPS) is 20.6. The smallest absolute Gasteiger partial charge is 0.338 e. The Bertz CT molecular complexity index is 786. The van der Waals surface area contributed by atoms with Gasteiger partial charge in [-0.2, -0.15) is 0 Å². The lowest BCUT2D eigenvalue weighted by atomic mass is 10.2. The number of hydroxylamine groups is 1. The van der Waals surface area contributed by atoms with Crippen molar-refractivity contribution >= 4 is 21.9 Å². The molecule has 2 rings (SSSR count). The van der Waals surface area contributed by atoms with E-state index in [0.29, 0.717) is 17.6 Å². The standard InChI is InChI=1S/C17H24N2O7S/c1-12-9-19(10-13(2)26-12)16(20)11-25-17(21)14-6-5-7-15(8-14)27(22,23)18(3)24-4/h5-8,12-13H,9-11H2,1-4H3/t12-,13-/m0/s1. The van der Waals surface area contributed by atoms with E-state index in [2.05, 4.69) is 0 Å². The van der Waals surface area contributed by atoms with Gasteiger partial charge in [0.25, 0.3) is 15.9 Å². The molecule has 1 fully saturated rings. The third-order valence-electron chi connectivity index (χ3n) is 4.06. The summed E-state index contributed by atoms with van der Waals surface area (Å²) >= 11 is 0. The molecule has 0 N–H and O–H groups in total. The monoisotopic (exact) mass is 400 g/mol. The summed E-state index contributed by atoms with van der Waals surface area (Å²) in [5, 5.41) is 0. The van der Waals surface area contributed by atoms with Gasteiger partial charge in [-0.3, -0.25) is 9.63 Å². The quantitative estimate of drug-likeness (QED) is 0.510. The van der Waals surface area contributed by atoms with Crippen LogP contribution in [0.15, 0.2) is 29.2 Å². The molecule has 10 heteroatoms. The number of carbonyl (C=O) groups excluding carboxylic acids is 2. The molecule has 0 spiro atoms. The maximum absolute atomic E-state index is 12.3. The third-order valence-corrected chi connectivity index (χ3v) is 5.74. The molecular formula is C17H24N2O7S. The summed E-state index contributed by atoms with van der Waals surface area (Å²) in [6.07, 6.45) is -0.180. The minimum Gasteiger partial charge on any atom is -0.452 e. The summed E-state index contributed by atoms with van der Waals surface area (Å²) in [7, 11) is -1.44. The van der Waals surface area contributed by atoms with Crippen LogP contribution in [-0.4, -0.2) is 75.7 Å². The van der Waals surface area contributed by atoms with Crippen molar-refractivity contribution in [3.63, 3.8) is 0 Å². The van der Waals surface area contributed by atoms with E-state index in [9.17, 15) is 18.0 Å². The predicted octanol–water partition coefficient (Wildman–Crippen LogP) is 0.661. The number of morpholine rings is 1. The van der Waals surface area contributed by atoms with Gasteiger partial charge in [0.1, 0.15) is 0 Å². The number of nitrogens with zero attached hydrogens (tertiary/aromatic N) is 2. The summed E-state index contributed by atoms with van der Waals surface area (Å²) in [5.41, 5.74) is 0.0251. The van der Waals surface area contributed by atoms with Crippen molar-refractivity contribution in [1.29, 1.82) is 0 Å². The first-order valence-corrected chi connectivity index (χ1v) is 9.82. The average molecular weight is 400 g/mol. The molecule has 2 atom stereocenters. The molecule has 1 heterocycles. The molecule has 1 aromatic carbocycles. The first kappa shape index (κ1) is 21.3. The van der Waals surface area contributed by atoms with Crippen molar-refractivity contribution in [3.05, 3.63) is 29.8 Å². The van der Waals surface area contributed by atoms with Gasteiger partial charge in [-0.05, 0) is 32.0 Å². The highest BCUT2D eigenvalue weighted by Gasteiger charge is 2.27. The van der Waals surface area contributed by atoms with Crippen LogP contribution in [0.4, 0.5) is 0 Å². The van der Waals surface area contributed by atoms with Gasteiger partial charge in [0.05, 0.1) is 29.8 Å². The summed E-state index contributed by atoms with van der Waals surface area (Å²) in [6.45, 7) is 4.17. The van der Waals surface area contributed by atoms with Crippen LogP contribution in [0.1, 0.15) is 24.2 Å². The number of hydrogen-bond donors (Lipinski definition) is 0. The van der Waals surface area contributed by atoms with Gasteiger partial charge < -0.3 is 14.4 Å². The van der Waals surface area contributed by atoms with Crippen molar-refractivity contribution in [2.45, 2.75) is 31.0 Å². The predicted molar refractivity (Wildman–Crippen MR) is 95.3 cm³/mol. The van der Waals surface area contributed by atoms with Crippen LogP contribution in [-0.2, 0) is 29.1 Å². The molecule has 150 valence electrons. The second-order valence-electron chi connectivity index (χ2n) is 6.26. The Kier molecular flexibility index (Phi) is 6.93. The fourth-order valence-corrected chi connectivity index (χ4v) is 3.73. The Morgan fingerprint density at radius 3 is 2.48 bits per heavy atom. The van der Waals surface area contributed by atoms with E-state index in [1.165, 1.54) is 38.4 Å². The van der Waals surface area contributed by atoms with E-state index in [4.69, 9.17) is 14.3 Å². The number of carbonyl (C=O) groups is 2. The summed E-state index contributed by atoms with van der Waals surface area (Å²) in [5.74, 6) is -1.11. The summed E-state index contributed by atoms with van der Waals surface area (Å²) in [6, 6.07) is 5.34. The Morgan fingerprint density at radius 2 is 1.89 bits per heavy atom. The Hall–Kier alpha value is -2.01. The van der Waals surface area contributed by atoms with E-state index < -0.39 is 22.6 Å². The zero-order chi connectivity index (χ0) is 20.2. The number of benzene rings is 1. The Morgan fingerprint density at radius 1 is 1.26 bits per heavy atom. The lowest BCUT2D eigenvalue weighted by molar-refractivity contribution is -0.146. The van der Waals surface area contributed by atoms with E-state index in [1.54, 1.807) is 4.90 Å². The molecule has 1 aromatic rings. The number of ether oxygens (including phenoxy) is 2. The summed E-state index contributed by atoms with van der Waals surface area (Å²) in [4.78, 5) is 30.6. The van der Waals surface area contributed by atoms with Crippen LogP contribution in [0.25, 0.3) is 0 Å². The van der Waals surface area contributed by atoms with Gasteiger partial charge in [0.15, 0.2) is 6.61 Å². The van der Waals surface area contributed by atoms with Crippen LogP contribution in [0, 0.1) is 0 Å². The molecule has 0 aliphatic carbocycles. The molecule has 9 nitrogen and oxygen atoms in total. The number of esters is 1. The lowest BCUT2D eigenvalue weighted by Gasteiger charge is -2.35. The van der Waals surface area contributed by atoms with Crippen LogP contribution in [0.5, 0.6) is 0 Å². The Balaban J connectivity index is 2.02. The molecule has 0 bridgehead atoms. The maximum Gasteiger partial charge on any atom is 0.338 e. The zero-order valence-electron chi connectivity index (χ0n) is 15.7. The van der Waals surface area contributed by atoms with Crippen LogP contribution in [0.3, 0.4) is 0 Å². The number of sulfonamides is 1. The molecule has 0 aromatic heterocycles. The van der Waals surface area contributed by atoms with Crippen LogP contribution < -0.4 is 0 Å². The fourth-order valence-electron chi connectivity index (χ4n) is 2.71. The van der Waals surface area contributed by atoms with Crippen molar-refractivity contribution in [3.8, 4) is 0 Å². The SMILES string of the molecule is CON(C)S(=O)(=O)c1cccc(C(=O)OCC(=O)N2C[C@H](C)O[C@@H](C)C2)c1. The van der Waals surface area contributed by atoms with Crippen molar-refractivity contribution in [1.82, 2.24) is 9.37 Å². The summed E-state index contributed by atoms with van der Waals surface area (Å²) < 4.78 is 35.8. The van der Waals surface area contributed by atoms with E-state index in [0.717, 1.165) is 0 Å². The van der Waals surface area contributed by atoms with Crippen LogP contribution in [0.2, 0.25) is 0 Å². The third kappa shape index (κ3) is 5.25. The lowest BCUT2D eigenvalue weighted by Crippen LogP contribution is -2.49. The van der Waals surface area contributed by atoms with Gasteiger partial charge >= 0.3 is 5.97 Å². The molecule has 0 unspecified atom stereocenters. The molecule has 1 saturated heterocycles. The van der Waals surface area contributed by atoms with Crippen molar-refractivity contribution < 1.29 is 32.3 Å². The van der Waals surface area contributed by atoms with Gasteiger partial charge in [0.2, 0.25) is 0 Å². The number of rotatable bonds is 6. The van der Waals surface area contributed by atoms with E-state index in [1.807, 2.05) is 13.8 Å². The van der Waals surface area contributed by atoms with Crippen LogP contribution >= 0.6 is 0 Å². The minimum absolute atomic E-state index is 0.0251. The molecule has 0 radical (unpaired) electrons. The first-order valence-electron chi connectivity index (χ1n) is 8.38. The first-order chi connectivity index (χ1) is 12.6. The fraction of sp³-hybridized carbons (Fsp3) is 0.529. The second-order valence-corrected chi connectivity index (χ2v) is 8.19. The van der Waals surface area contributed by atoms with Gasteiger partial charge in [-0.1, -0.05) is 10.5 Å². The second kappa shape index (κ2) is 8.79. The van der Waals surface area contributed by atoms with Crippen molar-refractivity contribution in [2.75, 3.05) is 33.9 Å². The largest absolute Gasteiger partial charge is 0.452 e. The number of amides is 1.